The minimum atomic E-state index is -4.22. The lowest BCUT2D eigenvalue weighted by Gasteiger charge is -2.25. The Balaban J connectivity index is 2.45. The van der Waals surface area contributed by atoms with Crippen molar-refractivity contribution in [3.05, 3.63) is 0 Å². The SMILES string of the molecule is CCCCCCC1(C)CC(C)C(C(F)(F)F)O1. The molecule has 0 bridgehead atoms. The average molecular weight is 252 g/mol. The summed E-state index contributed by atoms with van der Waals surface area (Å²) < 4.78 is 43.3. The van der Waals surface area contributed by atoms with E-state index in [0.29, 0.717) is 6.42 Å². The van der Waals surface area contributed by atoms with Gasteiger partial charge < -0.3 is 4.74 Å². The number of hydrogen-bond acceptors (Lipinski definition) is 1. The highest BCUT2D eigenvalue weighted by atomic mass is 19.4. The van der Waals surface area contributed by atoms with E-state index in [0.717, 1.165) is 32.1 Å². The van der Waals surface area contributed by atoms with Crippen molar-refractivity contribution >= 4 is 0 Å². The van der Waals surface area contributed by atoms with E-state index in [1.165, 1.54) is 0 Å². The van der Waals surface area contributed by atoms with Gasteiger partial charge in [-0.1, -0.05) is 39.5 Å². The van der Waals surface area contributed by atoms with Crippen molar-refractivity contribution in [1.29, 1.82) is 0 Å². The van der Waals surface area contributed by atoms with Crippen LogP contribution in [0.15, 0.2) is 0 Å². The summed E-state index contributed by atoms with van der Waals surface area (Å²) in [5, 5.41) is 0. The van der Waals surface area contributed by atoms with Crippen molar-refractivity contribution in [2.45, 2.75) is 77.2 Å². The molecule has 3 unspecified atom stereocenters. The van der Waals surface area contributed by atoms with Gasteiger partial charge in [-0.3, -0.25) is 0 Å². The van der Waals surface area contributed by atoms with Gasteiger partial charge in [-0.2, -0.15) is 13.2 Å². The lowest BCUT2D eigenvalue weighted by atomic mass is 9.90. The molecule has 0 N–H and O–H groups in total. The summed E-state index contributed by atoms with van der Waals surface area (Å²) in [5.74, 6) is -0.425. The molecule has 1 aliphatic heterocycles. The number of halogens is 3. The molecule has 4 heteroatoms. The van der Waals surface area contributed by atoms with Crippen LogP contribution in [-0.4, -0.2) is 17.9 Å². The van der Waals surface area contributed by atoms with E-state index in [4.69, 9.17) is 4.74 Å². The summed E-state index contributed by atoms with van der Waals surface area (Å²) in [5.41, 5.74) is -0.576. The van der Waals surface area contributed by atoms with Crippen molar-refractivity contribution in [2.75, 3.05) is 0 Å². The van der Waals surface area contributed by atoms with E-state index in [9.17, 15) is 13.2 Å². The summed E-state index contributed by atoms with van der Waals surface area (Å²) >= 11 is 0. The summed E-state index contributed by atoms with van der Waals surface area (Å²) in [6.07, 6.45) is -0.206. The highest BCUT2D eigenvalue weighted by molar-refractivity contribution is 4.92. The number of hydrogen-bond donors (Lipinski definition) is 0. The third kappa shape index (κ3) is 4.16. The largest absolute Gasteiger partial charge is 0.414 e. The molecule has 0 saturated carbocycles. The molecule has 0 spiro atoms. The van der Waals surface area contributed by atoms with Crippen LogP contribution in [0, 0.1) is 5.92 Å². The molecular formula is C13H23F3O. The lowest BCUT2D eigenvalue weighted by Crippen LogP contribution is -2.35. The van der Waals surface area contributed by atoms with E-state index in [1.54, 1.807) is 6.92 Å². The number of rotatable bonds is 5. The zero-order valence-corrected chi connectivity index (χ0v) is 10.9. The van der Waals surface area contributed by atoms with Crippen LogP contribution < -0.4 is 0 Å². The van der Waals surface area contributed by atoms with E-state index in [1.807, 2.05) is 6.92 Å². The summed E-state index contributed by atoms with van der Waals surface area (Å²) in [6, 6.07) is 0. The molecule has 1 fully saturated rings. The first-order valence-electron chi connectivity index (χ1n) is 6.53. The fourth-order valence-corrected chi connectivity index (χ4v) is 2.74. The minimum absolute atomic E-state index is 0.425. The zero-order chi connectivity index (χ0) is 13.1. The van der Waals surface area contributed by atoms with Crippen LogP contribution >= 0.6 is 0 Å². The van der Waals surface area contributed by atoms with Gasteiger partial charge in [0.25, 0.3) is 0 Å². The molecular weight excluding hydrogens is 229 g/mol. The Morgan fingerprint density at radius 2 is 1.88 bits per heavy atom. The van der Waals surface area contributed by atoms with Gasteiger partial charge in [0.2, 0.25) is 0 Å². The van der Waals surface area contributed by atoms with Crippen LogP contribution in [0.4, 0.5) is 13.2 Å². The standard InChI is InChI=1S/C13H23F3O/c1-4-5-6-7-8-12(3)9-10(2)11(17-12)13(14,15)16/h10-11H,4-9H2,1-3H3. The van der Waals surface area contributed by atoms with Gasteiger partial charge in [0, 0.05) is 0 Å². The van der Waals surface area contributed by atoms with Gasteiger partial charge in [0.05, 0.1) is 5.60 Å². The molecule has 102 valence electrons. The summed E-state index contributed by atoms with van der Waals surface area (Å²) in [7, 11) is 0. The van der Waals surface area contributed by atoms with Crippen LogP contribution in [-0.2, 0) is 4.74 Å². The third-order valence-corrected chi connectivity index (χ3v) is 3.56. The highest BCUT2D eigenvalue weighted by Gasteiger charge is 2.53. The number of unbranched alkanes of at least 4 members (excludes halogenated alkanes) is 3. The average Bonchev–Trinajstić information content (AvgIpc) is 2.49. The quantitative estimate of drug-likeness (QED) is 0.644. The van der Waals surface area contributed by atoms with Crippen molar-refractivity contribution in [2.24, 2.45) is 5.92 Å². The Kier molecular flexibility index (Phi) is 4.87. The van der Waals surface area contributed by atoms with Crippen LogP contribution in [0.2, 0.25) is 0 Å². The molecule has 1 heterocycles. The summed E-state index contributed by atoms with van der Waals surface area (Å²) in [4.78, 5) is 0. The summed E-state index contributed by atoms with van der Waals surface area (Å²) in [6.45, 7) is 5.58. The van der Waals surface area contributed by atoms with E-state index in [-0.39, 0.29) is 0 Å². The Labute approximate surface area is 102 Å². The Morgan fingerprint density at radius 1 is 1.24 bits per heavy atom. The van der Waals surface area contributed by atoms with E-state index < -0.39 is 23.8 Å². The molecule has 17 heavy (non-hydrogen) atoms. The number of ether oxygens (including phenoxy) is 1. The van der Waals surface area contributed by atoms with Gasteiger partial charge >= 0.3 is 6.18 Å². The zero-order valence-electron chi connectivity index (χ0n) is 10.9. The Hall–Kier alpha value is -0.250. The highest BCUT2D eigenvalue weighted by Crippen LogP contribution is 2.44. The molecule has 1 saturated heterocycles. The van der Waals surface area contributed by atoms with E-state index in [2.05, 4.69) is 6.92 Å². The topological polar surface area (TPSA) is 9.23 Å². The molecule has 0 aromatic carbocycles. The van der Waals surface area contributed by atoms with Crippen LogP contribution in [0.5, 0.6) is 0 Å². The van der Waals surface area contributed by atoms with E-state index >= 15 is 0 Å². The molecule has 0 radical (unpaired) electrons. The van der Waals surface area contributed by atoms with Gasteiger partial charge in [-0.05, 0) is 25.7 Å². The van der Waals surface area contributed by atoms with Gasteiger partial charge in [0.15, 0.2) is 6.10 Å². The first-order valence-corrected chi connectivity index (χ1v) is 6.53. The fraction of sp³-hybridized carbons (Fsp3) is 1.00. The molecule has 1 aliphatic rings. The predicted molar refractivity (Wildman–Crippen MR) is 61.9 cm³/mol. The van der Waals surface area contributed by atoms with Gasteiger partial charge in [-0.15, -0.1) is 0 Å². The predicted octanol–water partition coefficient (Wildman–Crippen LogP) is 4.70. The van der Waals surface area contributed by atoms with Crippen molar-refractivity contribution in [3.63, 3.8) is 0 Å². The third-order valence-electron chi connectivity index (χ3n) is 3.56. The minimum Gasteiger partial charge on any atom is -0.362 e. The first-order chi connectivity index (χ1) is 7.78. The second-order valence-electron chi connectivity index (χ2n) is 5.52. The van der Waals surface area contributed by atoms with Crippen LogP contribution in [0.3, 0.4) is 0 Å². The first kappa shape index (κ1) is 14.8. The maximum atomic E-state index is 12.7. The van der Waals surface area contributed by atoms with Crippen LogP contribution in [0.1, 0.15) is 59.3 Å². The van der Waals surface area contributed by atoms with Crippen molar-refractivity contribution < 1.29 is 17.9 Å². The molecule has 0 aromatic heterocycles. The van der Waals surface area contributed by atoms with Crippen LogP contribution in [0.25, 0.3) is 0 Å². The second-order valence-corrected chi connectivity index (χ2v) is 5.52. The molecule has 1 rings (SSSR count). The Bertz CT molecular complexity index is 239. The van der Waals surface area contributed by atoms with Gasteiger partial charge in [0.1, 0.15) is 0 Å². The van der Waals surface area contributed by atoms with Crippen molar-refractivity contribution in [3.8, 4) is 0 Å². The molecule has 0 aromatic rings. The molecule has 1 nitrogen and oxygen atoms in total. The normalized spacial score (nSPS) is 34.2. The second kappa shape index (κ2) is 5.59. The molecule has 3 atom stereocenters. The fourth-order valence-electron chi connectivity index (χ4n) is 2.74. The maximum absolute atomic E-state index is 12.7. The number of alkyl halides is 3. The van der Waals surface area contributed by atoms with Crippen molar-refractivity contribution in [1.82, 2.24) is 0 Å². The Morgan fingerprint density at radius 3 is 2.35 bits per heavy atom. The molecule has 0 aliphatic carbocycles. The lowest BCUT2D eigenvalue weighted by molar-refractivity contribution is -0.234. The smallest absolute Gasteiger partial charge is 0.362 e. The van der Waals surface area contributed by atoms with Gasteiger partial charge in [-0.25, -0.2) is 0 Å². The maximum Gasteiger partial charge on any atom is 0.414 e. The molecule has 0 amide bonds. The monoisotopic (exact) mass is 252 g/mol.